The SMILES string of the molecule is COc1ccc(-c2noc(Cn3cnc4c(Cl)cc(Cl)cc4c3=O)n2)cc1. The van der Waals surface area contributed by atoms with E-state index < -0.39 is 0 Å². The zero-order valence-electron chi connectivity index (χ0n) is 14.0. The van der Waals surface area contributed by atoms with E-state index in [1.54, 1.807) is 25.3 Å². The summed E-state index contributed by atoms with van der Waals surface area (Å²) in [6.07, 6.45) is 1.39. The molecule has 0 spiro atoms. The summed E-state index contributed by atoms with van der Waals surface area (Å²) in [6.45, 7) is 0.0784. The van der Waals surface area contributed by atoms with Crippen molar-refractivity contribution in [3.63, 3.8) is 0 Å². The lowest BCUT2D eigenvalue weighted by Gasteiger charge is -2.05. The number of fused-ring (bicyclic) bond motifs is 1. The molecule has 27 heavy (non-hydrogen) atoms. The van der Waals surface area contributed by atoms with Gasteiger partial charge in [-0.2, -0.15) is 4.98 Å². The number of halogens is 2. The molecule has 0 aliphatic carbocycles. The van der Waals surface area contributed by atoms with Crippen LogP contribution in [0.5, 0.6) is 5.75 Å². The van der Waals surface area contributed by atoms with Crippen molar-refractivity contribution in [2.45, 2.75) is 6.54 Å². The minimum Gasteiger partial charge on any atom is -0.497 e. The van der Waals surface area contributed by atoms with Crippen molar-refractivity contribution in [1.29, 1.82) is 0 Å². The maximum absolute atomic E-state index is 12.7. The minimum atomic E-state index is -0.298. The van der Waals surface area contributed by atoms with Gasteiger partial charge in [-0.15, -0.1) is 0 Å². The van der Waals surface area contributed by atoms with Crippen LogP contribution in [0.1, 0.15) is 5.89 Å². The van der Waals surface area contributed by atoms with E-state index in [9.17, 15) is 4.79 Å². The number of aromatic nitrogens is 4. The van der Waals surface area contributed by atoms with E-state index in [0.717, 1.165) is 11.3 Å². The average Bonchev–Trinajstić information content (AvgIpc) is 3.13. The molecular weight excluding hydrogens is 391 g/mol. The van der Waals surface area contributed by atoms with Crippen molar-refractivity contribution < 1.29 is 9.26 Å². The lowest BCUT2D eigenvalue weighted by atomic mass is 10.2. The van der Waals surface area contributed by atoms with Gasteiger partial charge in [-0.05, 0) is 36.4 Å². The summed E-state index contributed by atoms with van der Waals surface area (Å²) in [7, 11) is 1.59. The molecule has 2 aromatic heterocycles. The number of hydrogen-bond acceptors (Lipinski definition) is 6. The van der Waals surface area contributed by atoms with Crippen LogP contribution in [0, 0.1) is 0 Å². The fourth-order valence-electron chi connectivity index (χ4n) is 2.63. The Hall–Kier alpha value is -2.90. The first-order valence-electron chi connectivity index (χ1n) is 7.86. The predicted octanol–water partition coefficient (Wildman–Crippen LogP) is 3.81. The fourth-order valence-corrected chi connectivity index (χ4v) is 3.17. The van der Waals surface area contributed by atoms with Crippen molar-refractivity contribution in [2.24, 2.45) is 0 Å². The van der Waals surface area contributed by atoms with Crippen LogP contribution in [0.3, 0.4) is 0 Å². The maximum Gasteiger partial charge on any atom is 0.261 e. The summed E-state index contributed by atoms with van der Waals surface area (Å²) >= 11 is 12.1. The van der Waals surface area contributed by atoms with Crippen molar-refractivity contribution >= 4 is 34.1 Å². The van der Waals surface area contributed by atoms with Crippen LogP contribution in [0.15, 0.2) is 52.0 Å². The second-order valence-electron chi connectivity index (χ2n) is 5.70. The molecule has 2 heterocycles. The summed E-state index contributed by atoms with van der Waals surface area (Å²) < 4.78 is 11.7. The molecule has 0 atom stereocenters. The van der Waals surface area contributed by atoms with Crippen LogP contribution in [0.2, 0.25) is 10.0 Å². The molecule has 0 unspecified atom stereocenters. The number of hydrogen-bond donors (Lipinski definition) is 0. The van der Waals surface area contributed by atoms with Crippen molar-refractivity contribution in [1.82, 2.24) is 19.7 Å². The molecule has 4 aromatic rings. The first-order valence-corrected chi connectivity index (χ1v) is 8.62. The van der Waals surface area contributed by atoms with Gasteiger partial charge in [0.25, 0.3) is 5.56 Å². The Morgan fingerprint density at radius 2 is 1.96 bits per heavy atom. The third kappa shape index (κ3) is 3.39. The van der Waals surface area contributed by atoms with Crippen LogP contribution in [0.4, 0.5) is 0 Å². The molecule has 136 valence electrons. The van der Waals surface area contributed by atoms with Crippen LogP contribution in [-0.2, 0) is 6.54 Å². The van der Waals surface area contributed by atoms with E-state index in [4.69, 9.17) is 32.5 Å². The Bertz CT molecular complexity index is 1190. The van der Waals surface area contributed by atoms with Gasteiger partial charge in [0.15, 0.2) is 0 Å². The Kier molecular flexibility index (Phi) is 4.55. The van der Waals surface area contributed by atoms with Gasteiger partial charge in [0.1, 0.15) is 12.3 Å². The van der Waals surface area contributed by atoms with Gasteiger partial charge < -0.3 is 9.26 Å². The molecule has 0 bridgehead atoms. The molecular formula is C18H12Cl2N4O3. The van der Waals surface area contributed by atoms with Gasteiger partial charge in [-0.25, -0.2) is 4.98 Å². The van der Waals surface area contributed by atoms with E-state index in [1.807, 2.05) is 12.1 Å². The highest BCUT2D eigenvalue weighted by molar-refractivity contribution is 6.38. The molecule has 0 N–H and O–H groups in total. The summed E-state index contributed by atoms with van der Waals surface area (Å²) in [5.41, 5.74) is 0.869. The van der Waals surface area contributed by atoms with E-state index >= 15 is 0 Å². The zero-order valence-corrected chi connectivity index (χ0v) is 15.5. The van der Waals surface area contributed by atoms with E-state index in [2.05, 4.69) is 15.1 Å². The lowest BCUT2D eigenvalue weighted by Crippen LogP contribution is -2.21. The molecule has 9 heteroatoms. The molecule has 0 amide bonds. The molecule has 0 saturated heterocycles. The summed E-state index contributed by atoms with van der Waals surface area (Å²) in [5, 5.41) is 4.96. The number of rotatable bonds is 4. The normalized spacial score (nSPS) is 11.1. The van der Waals surface area contributed by atoms with Gasteiger partial charge in [0, 0.05) is 10.6 Å². The van der Waals surface area contributed by atoms with E-state index in [-0.39, 0.29) is 18.0 Å². The number of ether oxygens (including phenoxy) is 1. The van der Waals surface area contributed by atoms with Crippen LogP contribution < -0.4 is 10.3 Å². The van der Waals surface area contributed by atoms with Crippen LogP contribution >= 0.6 is 23.2 Å². The monoisotopic (exact) mass is 402 g/mol. The first-order chi connectivity index (χ1) is 13.0. The molecule has 0 aliphatic rings. The van der Waals surface area contributed by atoms with Crippen molar-refractivity contribution in [2.75, 3.05) is 7.11 Å². The van der Waals surface area contributed by atoms with E-state index in [0.29, 0.717) is 26.8 Å². The standard InChI is InChI=1S/C18H12Cl2N4O3/c1-26-12-4-2-10(3-5-12)17-22-15(27-23-17)8-24-9-21-16-13(18(24)25)6-11(19)7-14(16)20/h2-7,9H,8H2,1H3. The zero-order chi connectivity index (χ0) is 19.0. The molecule has 0 saturated carbocycles. The quantitative estimate of drug-likeness (QED) is 0.515. The van der Waals surface area contributed by atoms with Crippen molar-refractivity contribution in [3.05, 3.63) is 69.0 Å². The highest BCUT2D eigenvalue weighted by atomic mass is 35.5. The van der Waals surface area contributed by atoms with Gasteiger partial charge in [-0.1, -0.05) is 28.4 Å². The smallest absolute Gasteiger partial charge is 0.261 e. The second kappa shape index (κ2) is 7.02. The third-order valence-electron chi connectivity index (χ3n) is 3.97. The predicted molar refractivity (Wildman–Crippen MR) is 101 cm³/mol. The van der Waals surface area contributed by atoms with Gasteiger partial charge >= 0.3 is 0 Å². The Balaban J connectivity index is 1.66. The lowest BCUT2D eigenvalue weighted by molar-refractivity contribution is 0.369. The molecule has 7 nitrogen and oxygen atoms in total. The Morgan fingerprint density at radius 1 is 1.19 bits per heavy atom. The van der Waals surface area contributed by atoms with Gasteiger partial charge in [0.05, 0.1) is 29.4 Å². The largest absolute Gasteiger partial charge is 0.497 e. The van der Waals surface area contributed by atoms with Crippen LogP contribution in [0.25, 0.3) is 22.3 Å². The molecule has 0 fully saturated rings. The third-order valence-corrected chi connectivity index (χ3v) is 4.47. The summed E-state index contributed by atoms with van der Waals surface area (Å²) in [6, 6.07) is 10.3. The molecule has 0 aliphatic heterocycles. The summed E-state index contributed by atoms with van der Waals surface area (Å²) in [4.78, 5) is 21.2. The van der Waals surface area contributed by atoms with E-state index in [1.165, 1.54) is 17.0 Å². The van der Waals surface area contributed by atoms with Gasteiger partial charge in [0.2, 0.25) is 11.7 Å². The average molecular weight is 403 g/mol. The Morgan fingerprint density at radius 3 is 2.70 bits per heavy atom. The van der Waals surface area contributed by atoms with Gasteiger partial charge in [-0.3, -0.25) is 9.36 Å². The number of methoxy groups -OCH3 is 1. The molecule has 0 radical (unpaired) electrons. The Labute approximate surface area is 163 Å². The topological polar surface area (TPSA) is 83.0 Å². The first kappa shape index (κ1) is 17.5. The highest BCUT2D eigenvalue weighted by Crippen LogP contribution is 2.24. The minimum absolute atomic E-state index is 0.0784. The maximum atomic E-state index is 12.7. The number of nitrogens with zero attached hydrogens (tertiary/aromatic N) is 4. The molecule has 2 aromatic carbocycles. The second-order valence-corrected chi connectivity index (χ2v) is 6.55. The van der Waals surface area contributed by atoms with Crippen molar-refractivity contribution in [3.8, 4) is 17.1 Å². The van der Waals surface area contributed by atoms with Crippen LogP contribution in [-0.4, -0.2) is 26.8 Å². The molecule has 4 rings (SSSR count). The summed E-state index contributed by atoms with van der Waals surface area (Å²) in [5.74, 6) is 1.42. The fraction of sp³-hybridized carbons (Fsp3) is 0.111. The highest BCUT2D eigenvalue weighted by Gasteiger charge is 2.13. The number of benzene rings is 2.